The Hall–Kier alpha value is -1.22. The molecule has 2 bridgehead atoms. The highest BCUT2D eigenvalue weighted by Crippen LogP contribution is 2.29. The first-order chi connectivity index (χ1) is 10.8. The van der Waals surface area contributed by atoms with Crippen molar-refractivity contribution >= 4 is 28.1 Å². The van der Waals surface area contributed by atoms with Gasteiger partial charge in [-0.2, -0.15) is 0 Å². The Morgan fingerprint density at radius 3 is 2.29 bits per heavy atom. The second kappa shape index (κ2) is 6.95. The lowest BCUT2D eigenvalue weighted by atomic mass is 10.0. The molecule has 0 aromatic heterocycles. The molecule has 2 unspecified atom stereocenters. The number of piperidine rings is 1. The van der Waals surface area contributed by atoms with E-state index in [-0.39, 0.29) is 29.0 Å². The van der Waals surface area contributed by atoms with Crippen LogP contribution in [0, 0.1) is 24.0 Å². The van der Waals surface area contributed by atoms with Gasteiger partial charge < -0.3 is 5.32 Å². The van der Waals surface area contributed by atoms with Gasteiger partial charge >= 0.3 is 0 Å². The monoisotopic (exact) mass is 375 g/mol. The van der Waals surface area contributed by atoms with Gasteiger partial charge in [-0.1, -0.05) is 0 Å². The molecule has 2 aliphatic rings. The molecule has 134 valence electrons. The van der Waals surface area contributed by atoms with E-state index in [2.05, 4.69) is 10.0 Å². The number of hydrogen-bond acceptors (Lipinski definition) is 5. The van der Waals surface area contributed by atoms with E-state index in [0.29, 0.717) is 23.2 Å². The van der Waals surface area contributed by atoms with Crippen LogP contribution in [0.15, 0.2) is 17.0 Å². The van der Waals surface area contributed by atoms with Gasteiger partial charge in [-0.05, 0) is 51.2 Å². The van der Waals surface area contributed by atoms with Crippen LogP contribution in [0.4, 0.5) is 5.69 Å². The van der Waals surface area contributed by atoms with E-state index in [4.69, 9.17) is 0 Å². The second-order valence-corrected chi connectivity index (χ2v) is 8.27. The quantitative estimate of drug-likeness (QED) is 0.620. The maximum Gasteiger partial charge on any atom is 0.273 e. The van der Waals surface area contributed by atoms with E-state index < -0.39 is 14.9 Å². The molecule has 9 heteroatoms. The minimum atomic E-state index is -3.76. The predicted molar refractivity (Wildman–Crippen MR) is 93.1 cm³/mol. The van der Waals surface area contributed by atoms with Gasteiger partial charge in [0.1, 0.15) is 0 Å². The van der Waals surface area contributed by atoms with Gasteiger partial charge in [-0.3, -0.25) is 10.1 Å². The predicted octanol–water partition coefficient (Wildman–Crippen LogP) is 2.19. The van der Waals surface area contributed by atoms with Gasteiger partial charge in [0.15, 0.2) is 0 Å². The molecule has 1 aromatic carbocycles. The Balaban J connectivity index is 0.00000208. The van der Waals surface area contributed by atoms with Gasteiger partial charge in [0.2, 0.25) is 10.0 Å². The molecule has 2 heterocycles. The summed E-state index contributed by atoms with van der Waals surface area (Å²) < 4.78 is 28.1. The molecule has 0 amide bonds. The fourth-order valence-corrected chi connectivity index (χ4v) is 5.25. The minimum absolute atomic E-state index is 0. The lowest BCUT2D eigenvalue weighted by molar-refractivity contribution is -0.385. The average Bonchev–Trinajstić information content (AvgIpc) is 2.76. The van der Waals surface area contributed by atoms with Crippen LogP contribution in [-0.2, 0) is 10.0 Å². The molecular formula is C15H22ClN3O4S. The number of nitro groups is 1. The molecule has 2 fully saturated rings. The number of rotatable bonds is 4. The maximum absolute atomic E-state index is 12.7. The van der Waals surface area contributed by atoms with Crippen molar-refractivity contribution in [2.24, 2.45) is 0 Å². The molecule has 7 nitrogen and oxygen atoms in total. The van der Waals surface area contributed by atoms with Crippen LogP contribution in [-0.4, -0.2) is 31.5 Å². The van der Waals surface area contributed by atoms with Crippen molar-refractivity contribution in [1.29, 1.82) is 0 Å². The summed E-state index contributed by atoms with van der Waals surface area (Å²) in [6, 6.07) is 3.35. The standard InChI is InChI=1S/C15H21N3O4S.ClH/c1-9-5-10(2)15(8-14(9)18(19)20)23(21,22)17-13-6-11-3-4-12(7-13)16-11;/h5,8,11-13,16-17H,3-4,6-7H2,1-2H3;1H. The van der Waals surface area contributed by atoms with E-state index in [0.717, 1.165) is 25.7 Å². The molecule has 3 rings (SSSR count). The van der Waals surface area contributed by atoms with Crippen LogP contribution in [0.2, 0.25) is 0 Å². The van der Waals surface area contributed by atoms with Crippen LogP contribution in [0.1, 0.15) is 36.8 Å². The summed E-state index contributed by atoms with van der Waals surface area (Å²) in [6.45, 7) is 3.27. The molecule has 2 aliphatic heterocycles. The molecule has 2 atom stereocenters. The molecule has 1 aromatic rings. The van der Waals surface area contributed by atoms with Crippen LogP contribution in [0.5, 0.6) is 0 Å². The highest BCUT2D eigenvalue weighted by molar-refractivity contribution is 7.89. The van der Waals surface area contributed by atoms with Crippen molar-refractivity contribution in [3.63, 3.8) is 0 Å². The smallest absolute Gasteiger partial charge is 0.273 e. The van der Waals surface area contributed by atoms with Crippen molar-refractivity contribution in [3.05, 3.63) is 33.4 Å². The van der Waals surface area contributed by atoms with E-state index >= 15 is 0 Å². The summed E-state index contributed by atoms with van der Waals surface area (Å²) >= 11 is 0. The molecule has 2 N–H and O–H groups in total. The molecule has 0 radical (unpaired) electrons. The van der Waals surface area contributed by atoms with Gasteiger partial charge in [-0.25, -0.2) is 13.1 Å². The SMILES string of the molecule is Cc1cc(C)c(S(=O)(=O)NC2CC3CCC(C2)N3)cc1[N+](=O)[O-].Cl. The zero-order valence-corrected chi connectivity index (χ0v) is 15.2. The molecule has 0 saturated carbocycles. The fraction of sp³-hybridized carbons (Fsp3) is 0.600. The number of nitrogens with one attached hydrogen (secondary N) is 2. The molecule has 0 aliphatic carbocycles. The van der Waals surface area contributed by atoms with Crippen LogP contribution >= 0.6 is 12.4 Å². The van der Waals surface area contributed by atoms with Gasteiger partial charge in [-0.15, -0.1) is 12.4 Å². The van der Waals surface area contributed by atoms with E-state index in [9.17, 15) is 18.5 Å². The highest BCUT2D eigenvalue weighted by Gasteiger charge is 2.36. The lowest BCUT2D eigenvalue weighted by Gasteiger charge is -2.29. The number of hydrogen-bond donors (Lipinski definition) is 2. The number of sulfonamides is 1. The maximum atomic E-state index is 12.7. The van der Waals surface area contributed by atoms with Crippen LogP contribution < -0.4 is 10.0 Å². The zero-order chi connectivity index (χ0) is 16.8. The van der Waals surface area contributed by atoms with Gasteiger partial charge in [0, 0.05) is 29.8 Å². The summed E-state index contributed by atoms with van der Waals surface area (Å²) in [5.41, 5.74) is 0.824. The Bertz CT molecular complexity index is 741. The van der Waals surface area contributed by atoms with E-state index in [1.807, 2.05) is 0 Å². The number of nitro benzene ring substituents is 1. The number of halogens is 1. The van der Waals surface area contributed by atoms with Crippen molar-refractivity contribution < 1.29 is 13.3 Å². The normalized spacial score (nSPS) is 26.0. The molecule has 0 spiro atoms. The third-order valence-electron chi connectivity index (χ3n) is 4.77. The van der Waals surface area contributed by atoms with Crippen LogP contribution in [0.3, 0.4) is 0 Å². The third-order valence-corrected chi connectivity index (χ3v) is 6.44. The second-order valence-electron chi connectivity index (χ2n) is 6.59. The average molecular weight is 376 g/mol. The Morgan fingerprint density at radius 2 is 1.75 bits per heavy atom. The number of benzene rings is 1. The minimum Gasteiger partial charge on any atom is -0.311 e. The summed E-state index contributed by atoms with van der Waals surface area (Å²) in [5, 5.41) is 14.5. The van der Waals surface area contributed by atoms with Crippen molar-refractivity contribution in [1.82, 2.24) is 10.0 Å². The van der Waals surface area contributed by atoms with Crippen molar-refractivity contribution in [3.8, 4) is 0 Å². The lowest BCUT2D eigenvalue weighted by Crippen LogP contribution is -2.48. The molecule has 24 heavy (non-hydrogen) atoms. The fourth-order valence-electron chi connectivity index (χ4n) is 3.74. The summed E-state index contributed by atoms with van der Waals surface area (Å²) in [4.78, 5) is 10.5. The zero-order valence-electron chi connectivity index (χ0n) is 13.6. The summed E-state index contributed by atoms with van der Waals surface area (Å²) in [6.07, 6.45) is 3.70. The number of nitrogens with zero attached hydrogens (tertiary/aromatic N) is 1. The Labute approximate surface area is 147 Å². The highest BCUT2D eigenvalue weighted by atomic mass is 35.5. The number of fused-ring (bicyclic) bond motifs is 2. The number of aryl methyl sites for hydroxylation is 2. The third kappa shape index (κ3) is 3.72. The molecular weight excluding hydrogens is 354 g/mol. The Kier molecular flexibility index (Phi) is 5.54. The summed E-state index contributed by atoms with van der Waals surface area (Å²) in [7, 11) is -3.76. The van der Waals surface area contributed by atoms with E-state index in [1.165, 1.54) is 6.07 Å². The van der Waals surface area contributed by atoms with Crippen molar-refractivity contribution in [2.45, 2.75) is 62.6 Å². The Morgan fingerprint density at radius 1 is 1.17 bits per heavy atom. The van der Waals surface area contributed by atoms with Gasteiger partial charge in [0.05, 0.1) is 9.82 Å². The first-order valence-corrected chi connectivity index (χ1v) is 9.28. The molecule has 2 saturated heterocycles. The first kappa shape index (κ1) is 19.1. The van der Waals surface area contributed by atoms with E-state index in [1.54, 1.807) is 19.9 Å². The van der Waals surface area contributed by atoms with Gasteiger partial charge in [0.25, 0.3) is 5.69 Å². The first-order valence-electron chi connectivity index (χ1n) is 7.80. The van der Waals surface area contributed by atoms with Crippen LogP contribution in [0.25, 0.3) is 0 Å². The topological polar surface area (TPSA) is 101 Å². The van der Waals surface area contributed by atoms with Crippen molar-refractivity contribution in [2.75, 3.05) is 0 Å². The summed E-state index contributed by atoms with van der Waals surface area (Å²) in [5.74, 6) is 0. The largest absolute Gasteiger partial charge is 0.311 e.